The van der Waals surface area contributed by atoms with Gasteiger partial charge in [0.25, 0.3) is 0 Å². The van der Waals surface area contributed by atoms with Gasteiger partial charge in [-0.1, -0.05) is 26.7 Å². The molecule has 3 unspecified atom stereocenters. The number of aromatic nitrogens is 1. The molecule has 0 aliphatic heterocycles. The van der Waals surface area contributed by atoms with E-state index in [4.69, 9.17) is 4.74 Å². The average molecular weight is 290 g/mol. The quantitative estimate of drug-likeness (QED) is 0.803. The van der Waals surface area contributed by atoms with Gasteiger partial charge in [-0.3, -0.25) is 4.98 Å². The summed E-state index contributed by atoms with van der Waals surface area (Å²) in [6.45, 7) is 7.65. The molecule has 3 atom stereocenters. The summed E-state index contributed by atoms with van der Waals surface area (Å²) in [7, 11) is 0. The van der Waals surface area contributed by atoms with Crippen LogP contribution in [0.4, 0.5) is 0 Å². The van der Waals surface area contributed by atoms with Gasteiger partial charge in [0.05, 0.1) is 18.0 Å². The summed E-state index contributed by atoms with van der Waals surface area (Å²) in [4.78, 5) is 4.55. The summed E-state index contributed by atoms with van der Waals surface area (Å²) >= 11 is 0. The molecule has 1 N–H and O–H groups in total. The molecule has 0 bridgehead atoms. The van der Waals surface area contributed by atoms with Crippen molar-refractivity contribution in [3.63, 3.8) is 0 Å². The SMILES string of the molecule is CCCNC(C)c1ccc(OC2CCCC(CC)C2)cn1. The minimum Gasteiger partial charge on any atom is -0.489 e. The van der Waals surface area contributed by atoms with Gasteiger partial charge in [-0.2, -0.15) is 0 Å². The zero-order chi connectivity index (χ0) is 15.1. The predicted molar refractivity (Wildman–Crippen MR) is 87.6 cm³/mol. The van der Waals surface area contributed by atoms with E-state index in [1.807, 2.05) is 6.20 Å². The molecule has 0 amide bonds. The monoisotopic (exact) mass is 290 g/mol. The Labute approximate surface area is 129 Å². The highest BCUT2D eigenvalue weighted by molar-refractivity contribution is 5.21. The van der Waals surface area contributed by atoms with Crippen molar-refractivity contribution >= 4 is 0 Å². The van der Waals surface area contributed by atoms with E-state index in [1.165, 1.54) is 32.1 Å². The van der Waals surface area contributed by atoms with Crippen molar-refractivity contribution in [3.05, 3.63) is 24.0 Å². The first-order valence-corrected chi connectivity index (χ1v) is 8.58. The second kappa shape index (κ2) is 8.38. The number of rotatable bonds is 7. The lowest BCUT2D eigenvalue weighted by Crippen LogP contribution is -2.25. The first-order valence-electron chi connectivity index (χ1n) is 8.58. The highest BCUT2D eigenvalue weighted by Gasteiger charge is 2.22. The molecule has 118 valence electrons. The van der Waals surface area contributed by atoms with E-state index < -0.39 is 0 Å². The molecule has 1 saturated carbocycles. The molecule has 3 nitrogen and oxygen atoms in total. The molecule has 0 aromatic carbocycles. The van der Waals surface area contributed by atoms with Crippen molar-refractivity contribution in [2.45, 2.75) is 71.4 Å². The van der Waals surface area contributed by atoms with Crippen molar-refractivity contribution in [2.75, 3.05) is 6.54 Å². The third kappa shape index (κ3) is 4.99. The average Bonchev–Trinajstić information content (AvgIpc) is 2.53. The maximum Gasteiger partial charge on any atom is 0.138 e. The number of nitrogens with one attached hydrogen (secondary N) is 1. The maximum atomic E-state index is 6.12. The van der Waals surface area contributed by atoms with Gasteiger partial charge in [-0.25, -0.2) is 0 Å². The molecule has 0 radical (unpaired) electrons. The topological polar surface area (TPSA) is 34.1 Å². The van der Waals surface area contributed by atoms with E-state index in [0.29, 0.717) is 12.1 Å². The number of pyridine rings is 1. The van der Waals surface area contributed by atoms with E-state index in [-0.39, 0.29) is 0 Å². The van der Waals surface area contributed by atoms with Gasteiger partial charge >= 0.3 is 0 Å². The van der Waals surface area contributed by atoms with Gasteiger partial charge in [-0.15, -0.1) is 0 Å². The lowest BCUT2D eigenvalue weighted by Gasteiger charge is -2.28. The van der Waals surface area contributed by atoms with Gasteiger partial charge in [0.15, 0.2) is 0 Å². The number of hydrogen-bond donors (Lipinski definition) is 1. The van der Waals surface area contributed by atoms with Crippen LogP contribution in [0.3, 0.4) is 0 Å². The zero-order valence-electron chi connectivity index (χ0n) is 13.8. The first-order chi connectivity index (χ1) is 10.2. The lowest BCUT2D eigenvalue weighted by atomic mass is 9.85. The maximum absolute atomic E-state index is 6.12. The summed E-state index contributed by atoms with van der Waals surface area (Å²) in [5, 5.41) is 3.46. The van der Waals surface area contributed by atoms with Crippen LogP contribution >= 0.6 is 0 Å². The Morgan fingerprint density at radius 1 is 1.33 bits per heavy atom. The van der Waals surface area contributed by atoms with Crippen molar-refractivity contribution in [1.82, 2.24) is 10.3 Å². The standard InChI is InChI=1S/C18H30N2O/c1-4-11-19-14(3)18-10-9-17(13-20-18)21-16-8-6-7-15(5-2)12-16/h9-10,13-16,19H,4-8,11-12H2,1-3H3. The van der Waals surface area contributed by atoms with Crippen LogP contribution < -0.4 is 10.1 Å². The van der Waals surface area contributed by atoms with Crippen molar-refractivity contribution in [3.8, 4) is 5.75 Å². The Balaban J connectivity index is 1.87. The highest BCUT2D eigenvalue weighted by Crippen LogP contribution is 2.29. The second-order valence-corrected chi connectivity index (χ2v) is 6.28. The summed E-state index contributed by atoms with van der Waals surface area (Å²) in [6, 6.07) is 4.46. The molecule has 1 aromatic rings. The minimum atomic E-state index is 0.304. The van der Waals surface area contributed by atoms with E-state index in [9.17, 15) is 0 Å². The van der Waals surface area contributed by atoms with Crippen molar-refractivity contribution < 1.29 is 4.74 Å². The summed E-state index contributed by atoms with van der Waals surface area (Å²) in [6.07, 6.45) is 9.74. The van der Waals surface area contributed by atoms with E-state index in [2.05, 4.69) is 43.2 Å². The van der Waals surface area contributed by atoms with E-state index >= 15 is 0 Å². The van der Waals surface area contributed by atoms with E-state index in [0.717, 1.165) is 30.3 Å². The molecule has 1 fully saturated rings. The van der Waals surface area contributed by atoms with Crippen LogP contribution in [-0.2, 0) is 0 Å². The van der Waals surface area contributed by atoms with Crippen LogP contribution in [0.15, 0.2) is 18.3 Å². The number of ether oxygens (including phenoxy) is 1. The third-order valence-electron chi connectivity index (χ3n) is 4.52. The molecule has 21 heavy (non-hydrogen) atoms. The molecule has 1 aromatic heterocycles. The predicted octanol–water partition coefficient (Wildman–Crippen LogP) is 4.49. The molecule has 0 spiro atoms. The third-order valence-corrected chi connectivity index (χ3v) is 4.52. The Kier molecular flexibility index (Phi) is 6.50. The Morgan fingerprint density at radius 3 is 2.86 bits per heavy atom. The van der Waals surface area contributed by atoms with E-state index in [1.54, 1.807) is 0 Å². The van der Waals surface area contributed by atoms with Gasteiger partial charge in [-0.05, 0) is 57.2 Å². The molecule has 1 aliphatic carbocycles. The van der Waals surface area contributed by atoms with Gasteiger partial charge in [0.2, 0.25) is 0 Å². The lowest BCUT2D eigenvalue weighted by molar-refractivity contribution is 0.121. The van der Waals surface area contributed by atoms with Crippen LogP contribution in [-0.4, -0.2) is 17.6 Å². The van der Waals surface area contributed by atoms with Crippen molar-refractivity contribution in [2.24, 2.45) is 5.92 Å². The fraction of sp³-hybridized carbons (Fsp3) is 0.722. The molecular weight excluding hydrogens is 260 g/mol. The minimum absolute atomic E-state index is 0.304. The van der Waals surface area contributed by atoms with Crippen molar-refractivity contribution in [1.29, 1.82) is 0 Å². The van der Waals surface area contributed by atoms with Gasteiger partial charge < -0.3 is 10.1 Å². The number of hydrogen-bond acceptors (Lipinski definition) is 3. The van der Waals surface area contributed by atoms with Crippen LogP contribution in [0.1, 0.15) is 71.0 Å². The van der Waals surface area contributed by atoms with Gasteiger partial charge in [0.1, 0.15) is 5.75 Å². The Morgan fingerprint density at radius 2 is 2.19 bits per heavy atom. The zero-order valence-corrected chi connectivity index (χ0v) is 13.8. The molecule has 2 rings (SSSR count). The Bertz CT molecular complexity index is 404. The summed E-state index contributed by atoms with van der Waals surface area (Å²) in [5.41, 5.74) is 1.09. The smallest absolute Gasteiger partial charge is 0.138 e. The molecule has 1 aliphatic rings. The second-order valence-electron chi connectivity index (χ2n) is 6.28. The fourth-order valence-electron chi connectivity index (χ4n) is 3.09. The van der Waals surface area contributed by atoms with Crippen LogP contribution in [0.5, 0.6) is 5.75 Å². The largest absolute Gasteiger partial charge is 0.489 e. The molecule has 0 saturated heterocycles. The number of nitrogens with zero attached hydrogens (tertiary/aromatic N) is 1. The molecule has 3 heteroatoms. The molecular formula is C18H30N2O. The van der Waals surface area contributed by atoms with Crippen LogP contribution in [0.2, 0.25) is 0 Å². The summed E-state index contributed by atoms with van der Waals surface area (Å²) < 4.78 is 6.12. The molecule has 1 heterocycles. The Hall–Kier alpha value is -1.09. The summed E-state index contributed by atoms with van der Waals surface area (Å²) in [5.74, 6) is 1.76. The van der Waals surface area contributed by atoms with Crippen LogP contribution in [0.25, 0.3) is 0 Å². The fourth-order valence-corrected chi connectivity index (χ4v) is 3.09. The first kappa shape index (κ1) is 16.3. The van der Waals surface area contributed by atoms with Gasteiger partial charge in [0, 0.05) is 6.04 Å². The van der Waals surface area contributed by atoms with Crippen LogP contribution in [0, 0.1) is 5.92 Å². The highest BCUT2D eigenvalue weighted by atomic mass is 16.5. The normalized spacial score (nSPS) is 23.8.